The van der Waals surface area contributed by atoms with E-state index < -0.39 is 58.7 Å². The molecule has 2 heterocycles. The molecule has 1 fully saturated rings. The zero-order chi connectivity index (χ0) is 27.5. The van der Waals surface area contributed by atoms with Gasteiger partial charge < -0.3 is 10.1 Å². The summed E-state index contributed by atoms with van der Waals surface area (Å²) in [5, 5.41) is 6.01. The lowest BCUT2D eigenvalue weighted by Gasteiger charge is -2.37. The second-order valence-electron chi connectivity index (χ2n) is 10.3. The van der Waals surface area contributed by atoms with Crippen LogP contribution in [0.3, 0.4) is 0 Å². The van der Waals surface area contributed by atoms with Gasteiger partial charge in [-0.1, -0.05) is 50.6 Å². The van der Waals surface area contributed by atoms with Crippen molar-refractivity contribution in [1.29, 1.82) is 0 Å². The number of amides is 1. The number of alkyl halides is 3. The van der Waals surface area contributed by atoms with Gasteiger partial charge in [0, 0.05) is 22.7 Å². The van der Waals surface area contributed by atoms with Crippen molar-refractivity contribution in [3.8, 4) is 0 Å². The fraction of sp³-hybridized carbons (Fsp3) is 0.400. The number of anilines is 1. The van der Waals surface area contributed by atoms with Crippen molar-refractivity contribution >= 4 is 51.1 Å². The van der Waals surface area contributed by atoms with Crippen LogP contribution in [0.2, 0.25) is 5.02 Å². The lowest BCUT2D eigenvalue weighted by molar-refractivity contribution is -0.202. The molecule has 0 aliphatic carbocycles. The number of nitrogens with one attached hydrogen (secondary N) is 2. The van der Waals surface area contributed by atoms with Gasteiger partial charge in [-0.2, -0.15) is 13.2 Å². The molecule has 1 spiro atoms. The number of carbonyl (C=O) groups excluding carboxylic acids is 3. The van der Waals surface area contributed by atoms with Crippen LogP contribution in [0.15, 0.2) is 40.9 Å². The largest absolute Gasteiger partial charge is 0.491 e. The van der Waals surface area contributed by atoms with Gasteiger partial charge in [0.1, 0.15) is 17.3 Å². The number of benzene rings is 2. The Labute approximate surface area is 223 Å². The molecular weight excluding hydrogens is 584 g/mol. The molecular formula is C25H22BrClF4N2O4. The first-order valence-corrected chi connectivity index (χ1v) is 12.4. The number of hydrogen-bond donors (Lipinski definition) is 2. The smallest absolute Gasteiger partial charge is 0.385 e. The highest BCUT2D eigenvalue weighted by molar-refractivity contribution is 9.10. The molecule has 1 amide bonds. The summed E-state index contributed by atoms with van der Waals surface area (Å²) in [5.41, 5.74) is -1.48. The summed E-state index contributed by atoms with van der Waals surface area (Å²) in [4.78, 5) is 38.5. The molecule has 0 radical (unpaired) electrons. The van der Waals surface area contributed by atoms with Crippen LogP contribution in [0, 0.1) is 11.2 Å². The summed E-state index contributed by atoms with van der Waals surface area (Å²) >= 11 is 9.24. The predicted molar refractivity (Wildman–Crippen MR) is 131 cm³/mol. The highest BCUT2D eigenvalue weighted by Gasteiger charge is 2.67. The average molecular weight is 606 g/mol. The third-order valence-electron chi connectivity index (χ3n) is 6.62. The molecule has 2 aromatic carbocycles. The fourth-order valence-electron chi connectivity index (χ4n) is 5.34. The summed E-state index contributed by atoms with van der Waals surface area (Å²) in [6.45, 7) is 5.64. The lowest BCUT2D eigenvalue weighted by atomic mass is 9.62. The molecule has 37 heavy (non-hydrogen) atoms. The van der Waals surface area contributed by atoms with E-state index in [1.165, 1.54) is 30.3 Å². The Morgan fingerprint density at radius 2 is 1.84 bits per heavy atom. The third-order valence-corrected chi connectivity index (χ3v) is 7.46. The zero-order valence-corrected chi connectivity index (χ0v) is 22.1. The molecule has 0 bridgehead atoms. The van der Waals surface area contributed by atoms with E-state index in [2.05, 4.69) is 31.3 Å². The van der Waals surface area contributed by atoms with Gasteiger partial charge in [-0.05, 0) is 57.1 Å². The summed E-state index contributed by atoms with van der Waals surface area (Å²) in [6.07, 6.45) is -5.17. The van der Waals surface area contributed by atoms with Crippen molar-refractivity contribution in [3.63, 3.8) is 0 Å². The van der Waals surface area contributed by atoms with Crippen LogP contribution in [-0.4, -0.2) is 36.1 Å². The van der Waals surface area contributed by atoms with E-state index >= 15 is 4.39 Å². The molecule has 2 aromatic rings. The molecule has 4 atom stereocenters. The van der Waals surface area contributed by atoms with Gasteiger partial charge in [0.2, 0.25) is 5.91 Å². The van der Waals surface area contributed by atoms with Crippen LogP contribution < -0.4 is 10.6 Å². The van der Waals surface area contributed by atoms with Crippen LogP contribution in [0.1, 0.15) is 44.2 Å². The summed E-state index contributed by atoms with van der Waals surface area (Å²) < 4.78 is 58.6. The maximum atomic E-state index is 15.6. The van der Waals surface area contributed by atoms with Gasteiger partial charge in [0.25, 0.3) is 0 Å². The first kappa shape index (κ1) is 27.5. The maximum Gasteiger partial charge on any atom is 0.491 e. The minimum atomic E-state index is -5.43. The number of rotatable bonds is 3. The Bertz CT molecular complexity index is 1300. The molecule has 1 saturated heterocycles. The standard InChI is InChI=1S/C25H22BrClF4N2O4/c1-23(2,3)10-16-24(13-8-7-11(27)9-15(13)32-21(24)35)17(12-5-4-6-14(26)18(12)28)19(33-16)20(34)37-22(36)25(29,30)31/h4-9,16-17,19,33H,10H2,1-3H3,(H,32,35)/t16-,17-,19+,24?/m0/s1. The van der Waals surface area contributed by atoms with E-state index in [1.807, 2.05) is 20.8 Å². The normalized spacial score (nSPS) is 25.2. The molecule has 0 saturated carbocycles. The van der Waals surface area contributed by atoms with Gasteiger partial charge in [0.15, 0.2) is 0 Å². The van der Waals surface area contributed by atoms with Crippen molar-refractivity contribution in [1.82, 2.24) is 5.32 Å². The SMILES string of the molecule is CC(C)(C)C[C@@H]1N[C@@H](C(=O)OC(=O)C(F)(F)F)[C@H](c2cccc(Br)c2F)C12C(=O)Nc1cc(Cl)ccc12. The Kier molecular flexibility index (Phi) is 6.96. The average Bonchev–Trinajstić information content (AvgIpc) is 3.23. The molecule has 1 unspecified atom stereocenters. The van der Waals surface area contributed by atoms with E-state index in [0.29, 0.717) is 16.3 Å². The van der Waals surface area contributed by atoms with E-state index in [9.17, 15) is 27.6 Å². The van der Waals surface area contributed by atoms with E-state index in [0.717, 1.165) is 0 Å². The van der Waals surface area contributed by atoms with Gasteiger partial charge >= 0.3 is 18.1 Å². The first-order valence-electron chi connectivity index (χ1n) is 11.2. The van der Waals surface area contributed by atoms with E-state index in [-0.39, 0.29) is 16.5 Å². The number of esters is 2. The molecule has 2 N–H and O–H groups in total. The minimum Gasteiger partial charge on any atom is -0.385 e. The Balaban J connectivity index is 1.98. The van der Waals surface area contributed by atoms with Crippen molar-refractivity contribution in [2.45, 2.75) is 56.8 Å². The molecule has 0 aromatic heterocycles. The van der Waals surface area contributed by atoms with Crippen molar-refractivity contribution in [2.75, 3.05) is 5.32 Å². The fourth-order valence-corrected chi connectivity index (χ4v) is 5.90. The number of hydrogen-bond acceptors (Lipinski definition) is 5. The summed E-state index contributed by atoms with van der Waals surface area (Å²) in [5.74, 6) is -7.05. The highest BCUT2D eigenvalue weighted by Crippen LogP contribution is 2.57. The molecule has 2 aliphatic heterocycles. The number of halogens is 6. The van der Waals surface area contributed by atoms with Crippen LogP contribution in [0.25, 0.3) is 0 Å². The monoisotopic (exact) mass is 604 g/mol. The Hall–Kier alpha value is -2.50. The minimum absolute atomic E-state index is 0.0210. The van der Waals surface area contributed by atoms with Crippen LogP contribution in [0.5, 0.6) is 0 Å². The van der Waals surface area contributed by atoms with Gasteiger partial charge in [-0.3, -0.25) is 10.1 Å². The van der Waals surface area contributed by atoms with Crippen LogP contribution in [-0.2, 0) is 24.5 Å². The summed E-state index contributed by atoms with van der Waals surface area (Å²) in [6, 6.07) is 6.31. The van der Waals surface area contributed by atoms with E-state index in [4.69, 9.17) is 11.6 Å². The lowest BCUT2D eigenvalue weighted by Crippen LogP contribution is -2.49. The predicted octanol–water partition coefficient (Wildman–Crippen LogP) is 5.62. The Morgan fingerprint density at radius 1 is 1.16 bits per heavy atom. The van der Waals surface area contributed by atoms with Crippen molar-refractivity contribution < 1.29 is 36.7 Å². The van der Waals surface area contributed by atoms with Gasteiger partial charge in [-0.15, -0.1) is 0 Å². The molecule has 12 heteroatoms. The number of carbonyl (C=O) groups is 3. The van der Waals surface area contributed by atoms with E-state index in [1.54, 1.807) is 6.07 Å². The van der Waals surface area contributed by atoms with Crippen LogP contribution in [0.4, 0.5) is 23.2 Å². The van der Waals surface area contributed by atoms with Crippen LogP contribution >= 0.6 is 27.5 Å². The van der Waals surface area contributed by atoms with Crippen molar-refractivity contribution in [3.05, 3.63) is 62.8 Å². The summed E-state index contributed by atoms with van der Waals surface area (Å²) in [7, 11) is 0. The van der Waals surface area contributed by atoms with Crippen molar-refractivity contribution in [2.24, 2.45) is 5.41 Å². The third kappa shape index (κ3) is 4.77. The molecule has 198 valence electrons. The maximum absolute atomic E-state index is 15.6. The highest BCUT2D eigenvalue weighted by atomic mass is 79.9. The first-order chi connectivity index (χ1) is 17.1. The van der Waals surface area contributed by atoms with Gasteiger partial charge in [0.05, 0.1) is 4.47 Å². The topological polar surface area (TPSA) is 84.5 Å². The van der Waals surface area contributed by atoms with Gasteiger partial charge in [-0.25, -0.2) is 14.0 Å². The molecule has 2 aliphatic rings. The molecule has 4 rings (SSSR count). The quantitative estimate of drug-likeness (QED) is 0.270. The zero-order valence-electron chi connectivity index (χ0n) is 19.8. The Morgan fingerprint density at radius 3 is 2.46 bits per heavy atom. The second kappa shape index (κ2) is 9.36. The number of fused-ring (bicyclic) bond motifs is 2. The number of ether oxygens (including phenoxy) is 1. The second-order valence-corrected chi connectivity index (χ2v) is 11.6. The molecule has 6 nitrogen and oxygen atoms in total.